The van der Waals surface area contributed by atoms with Gasteiger partial charge in [0.15, 0.2) is 0 Å². The van der Waals surface area contributed by atoms with Gasteiger partial charge in [-0.1, -0.05) is 32.4 Å². The first-order valence-corrected chi connectivity index (χ1v) is 8.98. The van der Waals surface area contributed by atoms with Crippen molar-refractivity contribution < 1.29 is 13.2 Å². The van der Waals surface area contributed by atoms with Gasteiger partial charge in [-0.3, -0.25) is 4.99 Å². The van der Waals surface area contributed by atoms with Gasteiger partial charge in [0.25, 0.3) is 0 Å². The van der Waals surface area contributed by atoms with E-state index >= 15 is 0 Å². The molecule has 7 heteroatoms. The van der Waals surface area contributed by atoms with E-state index in [-0.39, 0.29) is 11.6 Å². The molecule has 1 aromatic rings. The van der Waals surface area contributed by atoms with Crippen LogP contribution in [0.2, 0.25) is 0 Å². The van der Waals surface area contributed by atoms with E-state index in [0.29, 0.717) is 17.5 Å². The number of hydrogen-bond acceptors (Lipinski definition) is 4. The molecule has 1 aliphatic rings. The van der Waals surface area contributed by atoms with Crippen LogP contribution >= 0.6 is 0 Å². The van der Waals surface area contributed by atoms with E-state index in [1.54, 1.807) is 6.20 Å². The molecule has 0 spiro atoms. The second kappa shape index (κ2) is 8.15. The Bertz CT molecular complexity index is 750. The molecule has 0 aromatic carbocycles. The third-order valence-electron chi connectivity index (χ3n) is 5.20. The topological polar surface area (TPSA) is 54.5 Å². The van der Waals surface area contributed by atoms with Gasteiger partial charge in [0.05, 0.1) is 17.3 Å². The largest absolute Gasteiger partial charge is 0.419 e. The lowest BCUT2D eigenvalue weighted by Crippen LogP contribution is -2.39. The Labute approximate surface area is 158 Å². The number of nitrogen functional groups attached to an aromatic ring is 1. The third-order valence-corrected chi connectivity index (χ3v) is 5.20. The summed E-state index contributed by atoms with van der Waals surface area (Å²) < 4.78 is 39.5. The van der Waals surface area contributed by atoms with Crippen molar-refractivity contribution in [2.75, 3.05) is 12.3 Å². The van der Waals surface area contributed by atoms with E-state index < -0.39 is 17.6 Å². The molecule has 1 aliphatic carbocycles. The lowest BCUT2D eigenvalue weighted by Gasteiger charge is -2.38. The fourth-order valence-electron chi connectivity index (χ4n) is 2.88. The van der Waals surface area contributed by atoms with Gasteiger partial charge < -0.3 is 10.6 Å². The smallest absolute Gasteiger partial charge is 0.383 e. The van der Waals surface area contributed by atoms with E-state index in [9.17, 15) is 13.2 Å². The van der Waals surface area contributed by atoms with Gasteiger partial charge >= 0.3 is 6.18 Å². The van der Waals surface area contributed by atoms with Gasteiger partial charge in [-0.15, -0.1) is 0 Å². The van der Waals surface area contributed by atoms with Crippen molar-refractivity contribution >= 4 is 18.2 Å². The zero-order chi connectivity index (χ0) is 20.4. The molecule has 2 unspecified atom stereocenters. The summed E-state index contributed by atoms with van der Waals surface area (Å²) in [6, 6.07) is 1.21. The second-order valence-electron chi connectivity index (χ2n) is 7.44. The molecule has 0 bridgehead atoms. The maximum absolute atomic E-state index is 13.2. The molecular formula is C20H27F3N4. The summed E-state index contributed by atoms with van der Waals surface area (Å²) in [6.07, 6.45) is 1.59. The number of halogens is 3. The summed E-state index contributed by atoms with van der Waals surface area (Å²) in [5, 5.41) is 0. The number of pyridine rings is 1. The number of hydrogen-bond donors (Lipinski definition) is 1. The van der Waals surface area contributed by atoms with Crippen LogP contribution in [0.15, 0.2) is 35.1 Å². The van der Waals surface area contributed by atoms with Crippen LogP contribution in [0.1, 0.15) is 45.2 Å². The van der Waals surface area contributed by atoms with E-state index in [4.69, 9.17) is 5.73 Å². The highest BCUT2D eigenvalue weighted by atomic mass is 19.4. The first-order chi connectivity index (χ1) is 12.5. The summed E-state index contributed by atoms with van der Waals surface area (Å²) in [6.45, 7) is 12.9. The van der Waals surface area contributed by atoms with E-state index in [1.165, 1.54) is 11.8 Å². The molecule has 0 fully saturated rings. The van der Waals surface area contributed by atoms with Crippen molar-refractivity contribution in [3.8, 4) is 0 Å². The van der Waals surface area contributed by atoms with Crippen LogP contribution in [0.3, 0.4) is 0 Å². The maximum Gasteiger partial charge on any atom is 0.419 e. The Morgan fingerprint density at radius 1 is 1.44 bits per heavy atom. The Morgan fingerprint density at radius 3 is 2.56 bits per heavy atom. The molecule has 2 atom stereocenters. The number of aromatic nitrogens is 1. The van der Waals surface area contributed by atoms with E-state index in [1.807, 2.05) is 0 Å². The predicted octanol–water partition coefficient (Wildman–Crippen LogP) is 4.99. The highest BCUT2D eigenvalue weighted by molar-refractivity contribution is 5.69. The average molecular weight is 380 g/mol. The zero-order valence-corrected chi connectivity index (χ0v) is 16.2. The Hall–Kier alpha value is -2.31. The number of nitrogens with two attached hydrogens (primary N) is 1. The Kier molecular flexibility index (Phi) is 6.34. The number of alkyl halides is 3. The molecule has 4 nitrogen and oxygen atoms in total. The van der Waals surface area contributed by atoms with Gasteiger partial charge in [0.2, 0.25) is 0 Å². The molecule has 27 heavy (non-hydrogen) atoms. The minimum absolute atomic E-state index is 0.228. The molecule has 0 saturated carbocycles. The predicted molar refractivity (Wildman–Crippen MR) is 104 cm³/mol. The van der Waals surface area contributed by atoms with Crippen LogP contribution in [0.5, 0.6) is 0 Å². The first kappa shape index (κ1) is 21.0. The standard InChI is InChI=1S/C20H27F3N4/c1-12(2)14(4)10-27(18-7-6-13(18)3)11-17(25-5)15-8-16(20(21,22)23)19(24)26-9-15/h6,8-9,11-12,14,18H,5,7,10H2,1-4H3,(H2,24,26)/b17-11-. The van der Waals surface area contributed by atoms with Gasteiger partial charge in [0.1, 0.15) is 5.82 Å². The van der Waals surface area contributed by atoms with Crippen LogP contribution in [0.25, 0.3) is 5.70 Å². The minimum atomic E-state index is -4.57. The fourth-order valence-corrected chi connectivity index (χ4v) is 2.88. The molecule has 148 valence electrons. The third kappa shape index (κ3) is 4.90. The summed E-state index contributed by atoms with van der Waals surface area (Å²) in [5.41, 5.74) is 6.28. The highest BCUT2D eigenvalue weighted by Crippen LogP contribution is 2.35. The maximum atomic E-state index is 13.2. The van der Waals surface area contributed by atoms with Crippen LogP contribution in [0.4, 0.5) is 19.0 Å². The van der Waals surface area contributed by atoms with Crippen molar-refractivity contribution in [1.82, 2.24) is 9.88 Å². The minimum Gasteiger partial charge on any atom is -0.383 e. The van der Waals surface area contributed by atoms with Gasteiger partial charge in [0, 0.05) is 24.5 Å². The highest BCUT2D eigenvalue weighted by Gasteiger charge is 2.34. The van der Waals surface area contributed by atoms with Gasteiger partial charge in [-0.25, -0.2) is 4.98 Å². The van der Waals surface area contributed by atoms with Gasteiger partial charge in [-0.2, -0.15) is 13.2 Å². The quantitative estimate of drug-likeness (QED) is 0.535. The van der Waals surface area contributed by atoms with Crippen LogP contribution < -0.4 is 5.73 Å². The van der Waals surface area contributed by atoms with Crippen molar-refractivity contribution in [2.24, 2.45) is 16.8 Å². The molecule has 2 N–H and O–H groups in total. The lowest BCUT2D eigenvalue weighted by molar-refractivity contribution is -0.137. The molecule has 0 amide bonds. The number of aliphatic imine (C=N–C) groups is 1. The average Bonchev–Trinajstić information content (AvgIpc) is 2.57. The Balaban J connectivity index is 2.41. The van der Waals surface area contributed by atoms with Crippen molar-refractivity contribution in [1.29, 1.82) is 0 Å². The monoisotopic (exact) mass is 380 g/mol. The lowest BCUT2D eigenvalue weighted by atomic mass is 9.90. The van der Waals surface area contributed by atoms with Crippen molar-refractivity contribution in [3.05, 3.63) is 41.2 Å². The molecule has 0 aliphatic heterocycles. The first-order valence-electron chi connectivity index (χ1n) is 8.98. The van der Waals surface area contributed by atoms with Gasteiger partial charge in [-0.05, 0) is 38.0 Å². The van der Waals surface area contributed by atoms with Crippen LogP contribution in [-0.2, 0) is 6.18 Å². The zero-order valence-electron chi connectivity index (χ0n) is 16.2. The normalized spacial score (nSPS) is 18.7. The van der Waals surface area contributed by atoms with Crippen molar-refractivity contribution in [2.45, 2.75) is 46.3 Å². The molecule has 2 rings (SSSR count). The molecular weight excluding hydrogens is 353 g/mol. The summed E-state index contributed by atoms with van der Waals surface area (Å²) in [4.78, 5) is 9.82. The SMILES string of the molecule is C=N/C(=C\N(CC(C)C(C)C)C1CC=C1C)c1cnc(N)c(C(F)(F)F)c1. The molecule has 0 saturated heterocycles. The molecule has 0 radical (unpaired) electrons. The second-order valence-corrected chi connectivity index (χ2v) is 7.44. The van der Waals surface area contributed by atoms with E-state index in [0.717, 1.165) is 19.0 Å². The van der Waals surface area contributed by atoms with E-state index in [2.05, 4.69) is 55.4 Å². The number of nitrogens with zero attached hydrogens (tertiary/aromatic N) is 3. The Morgan fingerprint density at radius 2 is 2.11 bits per heavy atom. The number of anilines is 1. The summed E-state index contributed by atoms with van der Waals surface area (Å²) in [7, 11) is 0. The van der Waals surface area contributed by atoms with Crippen molar-refractivity contribution in [3.63, 3.8) is 0 Å². The summed E-state index contributed by atoms with van der Waals surface area (Å²) >= 11 is 0. The molecule has 1 aromatic heterocycles. The number of rotatable bonds is 7. The fraction of sp³-hybridized carbons (Fsp3) is 0.500. The van der Waals surface area contributed by atoms with Crippen LogP contribution in [0, 0.1) is 11.8 Å². The molecule has 1 heterocycles. The summed E-state index contributed by atoms with van der Waals surface area (Å²) in [5.74, 6) is 0.356. The van der Waals surface area contributed by atoms with Crippen LogP contribution in [-0.4, -0.2) is 29.2 Å².